The molecule has 1 fully saturated rings. The van der Waals surface area contributed by atoms with Gasteiger partial charge in [-0.3, -0.25) is 19.8 Å². The van der Waals surface area contributed by atoms with E-state index in [0.29, 0.717) is 18.5 Å². The quantitative estimate of drug-likeness (QED) is 0.626. The average molecular weight is 371 g/mol. The van der Waals surface area contributed by atoms with Gasteiger partial charge in [0.1, 0.15) is 0 Å². The molecule has 0 saturated carbocycles. The topological polar surface area (TPSA) is 82.5 Å². The molecule has 2 N–H and O–H groups in total. The van der Waals surface area contributed by atoms with E-state index in [-0.39, 0.29) is 24.8 Å². The molecule has 1 saturated heterocycles. The summed E-state index contributed by atoms with van der Waals surface area (Å²) in [5.41, 5.74) is 4.79. The third-order valence-electron chi connectivity index (χ3n) is 5.44. The smallest absolute Gasteiger partial charge is 0.274 e. The summed E-state index contributed by atoms with van der Waals surface area (Å²) in [4.78, 5) is 30.6. The number of nitrogens with one attached hydrogen (secondary N) is 1. The van der Waals surface area contributed by atoms with E-state index < -0.39 is 5.91 Å². The Bertz CT molecular complexity index is 843. The van der Waals surface area contributed by atoms with E-state index in [0.717, 1.165) is 36.1 Å². The zero-order valence-electron chi connectivity index (χ0n) is 14.2. The van der Waals surface area contributed by atoms with Crippen molar-refractivity contribution in [3.63, 3.8) is 0 Å². The van der Waals surface area contributed by atoms with Gasteiger partial charge in [-0.05, 0) is 61.1 Å². The zero-order valence-corrected chi connectivity index (χ0v) is 15.2. The number of aryl methyl sites for hydroxylation is 1. The molecule has 1 aliphatic carbocycles. The van der Waals surface area contributed by atoms with Crippen molar-refractivity contribution >= 4 is 31.0 Å². The number of hydroxylamine groups is 1. The largest absolute Gasteiger partial charge is 0.310 e. The van der Waals surface area contributed by atoms with Gasteiger partial charge in [0.15, 0.2) is 0 Å². The molecule has 1 aromatic carbocycles. The second-order valence-electron chi connectivity index (χ2n) is 6.80. The van der Waals surface area contributed by atoms with Crippen LogP contribution in [0.1, 0.15) is 34.3 Å². The van der Waals surface area contributed by atoms with Crippen LogP contribution in [0.25, 0.3) is 0 Å². The highest BCUT2D eigenvalue weighted by Gasteiger charge is 2.48. The molecular weight excluding hydrogens is 350 g/mol. The van der Waals surface area contributed by atoms with Gasteiger partial charge in [0.05, 0.1) is 17.3 Å². The van der Waals surface area contributed by atoms with E-state index >= 15 is 0 Å². The van der Waals surface area contributed by atoms with Gasteiger partial charge >= 0.3 is 0 Å². The summed E-state index contributed by atoms with van der Waals surface area (Å²) in [5, 5.41) is 8.78. The summed E-state index contributed by atoms with van der Waals surface area (Å²) in [6, 6.07) is 9.17. The van der Waals surface area contributed by atoms with Gasteiger partial charge in [0, 0.05) is 18.3 Å². The van der Waals surface area contributed by atoms with Crippen LogP contribution >= 0.6 is 13.5 Å². The van der Waals surface area contributed by atoms with Crippen LogP contribution in [0.4, 0.5) is 5.69 Å². The number of aromatic nitrogens is 1. The molecule has 2 amide bonds. The van der Waals surface area contributed by atoms with E-state index in [1.807, 2.05) is 29.2 Å². The van der Waals surface area contributed by atoms with Gasteiger partial charge in [-0.2, -0.15) is 13.5 Å². The lowest BCUT2D eigenvalue weighted by Crippen LogP contribution is -2.38. The standard InChI is InChI=1S/C19H19N3O3.H2S/c23-17(21-25)14-3-4-15-11-19(6-5-13(15)10-14)7-9-22(18(19)24)16-2-1-8-20-12-16;/h1-4,8,10,12,25H,5-7,9,11H2,(H,21,23);1H2/t19-;/m1./s1. The molecule has 0 bridgehead atoms. The summed E-state index contributed by atoms with van der Waals surface area (Å²) >= 11 is 0. The van der Waals surface area contributed by atoms with E-state index in [1.54, 1.807) is 23.9 Å². The summed E-state index contributed by atoms with van der Waals surface area (Å²) in [6.07, 6.45) is 6.50. The molecule has 6 nitrogen and oxygen atoms in total. The molecular formula is C19H21N3O3S. The van der Waals surface area contributed by atoms with Crippen LogP contribution in [-0.2, 0) is 17.6 Å². The molecule has 1 aliphatic heterocycles. The maximum absolute atomic E-state index is 13.1. The molecule has 1 spiro atoms. The monoisotopic (exact) mass is 371 g/mol. The summed E-state index contributed by atoms with van der Waals surface area (Å²) in [6.45, 7) is 0.713. The number of hydrogen-bond acceptors (Lipinski definition) is 4. The molecule has 2 aliphatic rings. The fraction of sp³-hybridized carbons (Fsp3) is 0.316. The first-order valence-electron chi connectivity index (χ1n) is 8.41. The van der Waals surface area contributed by atoms with Crippen LogP contribution in [0.2, 0.25) is 0 Å². The van der Waals surface area contributed by atoms with E-state index in [4.69, 9.17) is 5.21 Å². The fourth-order valence-corrected chi connectivity index (χ4v) is 4.04. The average Bonchev–Trinajstić information content (AvgIpc) is 2.97. The molecule has 1 atom stereocenters. The molecule has 7 heteroatoms. The Morgan fingerprint density at radius 3 is 2.81 bits per heavy atom. The molecule has 2 aromatic rings. The third kappa shape index (κ3) is 2.97. The highest BCUT2D eigenvalue weighted by atomic mass is 32.1. The molecule has 0 radical (unpaired) electrons. The second kappa shape index (κ2) is 7.09. The van der Waals surface area contributed by atoms with Crippen molar-refractivity contribution in [1.29, 1.82) is 0 Å². The van der Waals surface area contributed by atoms with Crippen LogP contribution in [0, 0.1) is 5.41 Å². The Hall–Kier alpha value is -2.38. The lowest BCUT2D eigenvalue weighted by atomic mass is 9.70. The first kappa shape index (κ1) is 18.4. The number of carbonyl (C=O) groups excluding carboxylic acids is 2. The Balaban J connectivity index is 0.00000196. The van der Waals surface area contributed by atoms with Crippen molar-refractivity contribution in [2.45, 2.75) is 25.7 Å². The van der Waals surface area contributed by atoms with Crippen LogP contribution in [0.5, 0.6) is 0 Å². The Morgan fingerprint density at radius 1 is 1.23 bits per heavy atom. The second-order valence-corrected chi connectivity index (χ2v) is 6.80. The molecule has 2 heterocycles. The van der Waals surface area contributed by atoms with Crippen LogP contribution in [-0.4, -0.2) is 28.6 Å². The lowest BCUT2D eigenvalue weighted by Gasteiger charge is -2.33. The lowest BCUT2D eigenvalue weighted by molar-refractivity contribution is -0.126. The van der Waals surface area contributed by atoms with Crippen LogP contribution < -0.4 is 10.4 Å². The Morgan fingerprint density at radius 2 is 2.08 bits per heavy atom. The minimum atomic E-state index is -0.511. The third-order valence-corrected chi connectivity index (χ3v) is 5.44. The molecule has 1 aromatic heterocycles. The van der Waals surface area contributed by atoms with Crippen molar-refractivity contribution in [1.82, 2.24) is 10.5 Å². The van der Waals surface area contributed by atoms with Crippen molar-refractivity contribution in [3.8, 4) is 0 Å². The number of benzene rings is 1. The molecule has 0 unspecified atom stereocenters. The summed E-state index contributed by atoms with van der Waals surface area (Å²) in [7, 11) is 0. The predicted octanol–water partition coefficient (Wildman–Crippen LogP) is 2.23. The number of rotatable bonds is 2. The number of anilines is 1. The first-order chi connectivity index (χ1) is 12.1. The number of fused-ring (bicyclic) bond motifs is 1. The zero-order chi connectivity index (χ0) is 17.4. The minimum absolute atomic E-state index is 0. The Kier molecular flexibility index (Phi) is 5.02. The van der Waals surface area contributed by atoms with E-state index in [9.17, 15) is 9.59 Å². The van der Waals surface area contributed by atoms with Crippen molar-refractivity contribution in [2.75, 3.05) is 11.4 Å². The number of amides is 2. The highest BCUT2D eigenvalue weighted by molar-refractivity contribution is 7.59. The van der Waals surface area contributed by atoms with Gasteiger partial charge in [-0.25, -0.2) is 5.48 Å². The van der Waals surface area contributed by atoms with Crippen LogP contribution in [0.15, 0.2) is 42.7 Å². The van der Waals surface area contributed by atoms with Crippen molar-refractivity contribution in [2.24, 2.45) is 5.41 Å². The molecule has 136 valence electrons. The first-order valence-corrected chi connectivity index (χ1v) is 8.41. The summed E-state index contributed by atoms with van der Waals surface area (Å²) in [5.74, 6) is -0.342. The molecule has 4 rings (SSSR count). The summed E-state index contributed by atoms with van der Waals surface area (Å²) < 4.78 is 0. The predicted molar refractivity (Wildman–Crippen MR) is 102 cm³/mol. The number of nitrogens with zero attached hydrogens (tertiary/aromatic N) is 2. The van der Waals surface area contributed by atoms with E-state index in [2.05, 4.69) is 4.98 Å². The van der Waals surface area contributed by atoms with Gasteiger partial charge in [0.25, 0.3) is 5.91 Å². The van der Waals surface area contributed by atoms with Gasteiger partial charge in [0.2, 0.25) is 5.91 Å². The van der Waals surface area contributed by atoms with Crippen molar-refractivity contribution in [3.05, 3.63) is 59.4 Å². The fourth-order valence-electron chi connectivity index (χ4n) is 4.04. The SMILES string of the molecule is O=C(NO)c1ccc2c(c1)CC[C@@]1(CCN(c3cccnc3)C1=O)C2.S. The van der Waals surface area contributed by atoms with Gasteiger partial charge in [-0.15, -0.1) is 0 Å². The maximum atomic E-state index is 13.1. The van der Waals surface area contributed by atoms with Crippen molar-refractivity contribution < 1.29 is 14.8 Å². The maximum Gasteiger partial charge on any atom is 0.274 e. The van der Waals surface area contributed by atoms with E-state index in [1.165, 1.54) is 0 Å². The van der Waals surface area contributed by atoms with Gasteiger partial charge < -0.3 is 4.90 Å². The highest BCUT2D eigenvalue weighted by Crippen LogP contribution is 2.45. The normalized spacial score (nSPS) is 21.3. The number of pyridine rings is 1. The number of carbonyl (C=O) groups is 2. The molecule has 26 heavy (non-hydrogen) atoms. The van der Waals surface area contributed by atoms with Crippen LogP contribution in [0.3, 0.4) is 0 Å². The minimum Gasteiger partial charge on any atom is -0.310 e. The number of hydrogen-bond donors (Lipinski definition) is 2. The van der Waals surface area contributed by atoms with Gasteiger partial charge in [-0.1, -0.05) is 6.07 Å². The Labute approximate surface area is 158 Å².